The zero-order valence-corrected chi connectivity index (χ0v) is 10.9. The average molecular weight is 265 g/mol. The summed E-state index contributed by atoms with van der Waals surface area (Å²) in [5, 5.41) is 1.72. The molecule has 2 nitrogen and oxygen atoms in total. The molecule has 0 unspecified atom stereocenters. The summed E-state index contributed by atoms with van der Waals surface area (Å²) in [6.45, 7) is 1.77. The van der Waals surface area contributed by atoms with Crippen molar-refractivity contribution in [1.29, 1.82) is 0 Å². The maximum Gasteiger partial charge on any atom is 0.195 e. The number of ketones is 1. The molecule has 2 aromatic carbocycles. The first-order valence-corrected chi connectivity index (χ1v) is 6.30. The number of benzene rings is 2. The molecular weight excluding hydrogens is 253 g/mol. The Morgan fingerprint density at radius 3 is 2.70 bits per heavy atom. The SMILES string of the molecule is Cc1cc(F)cc(C(=O)c2cncc3ccccc23)c1. The van der Waals surface area contributed by atoms with Gasteiger partial charge < -0.3 is 0 Å². The monoisotopic (exact) mass is 265 g/mol. The highest BCUT2D eigenvalue weighted by molar-refractivity contribution is 6.16. The lowest BCUT2D eigenvalue weighted by Crippen LogP contribution is -2.04. The van der Waals surface area contributed by atoms with E-state index in [1.54, 1.807) is 19.2 Å². The molecule has 0 atom stereocenters. The fourth-order valence-corrected chi connectivity index (χ4v) is 2.32. The van der Waals surface area contributed by atoms with E-state index in [-0.39, 0.29) is 5.78 Å². The topological polar surface area (TPSA) is 30.0 Å². The van der Waals surface area contributed by atoms with Crippen molar-refractivity contribution in [3.05, 3.63) is 77.4 Å². The van der Waals surface area contributed by atoms with Gasteiger partial charge in [0.1, 0.15) is 5.82 Å². The molecule has 0 saturated heterocycles. The van der Waals surface area contributed by atoms with Gasteiger partial charge in [0.2, 0.25) is 0 Å². The van der Waals surface area contributed by atoms with Crippen LogP contribution in [0.2, 0.25) is 0 Å². The van der Waals surface area contributed by atoms with Crippen LogP contribution in [-0.4, -0.2) is 10.8 Å². The molecule has 0 aliphatic rings. The van der Waals surface area contributed by atoms with Crippen LogP contribution >= 0.6 is 0 Å². The van der Waals surface area contributed by atoms with Crippen LogP contribution in [0.5, 0.6) is 0 Å². The van der Waals surface area contributed by atoms with Crippen LogP contribution in [0, 0.1) is 12.7 Å². The molecule has 0 saturated carbocycles. The summed E-state index contributed by atoms with van der Waals surface area (Å²) in [7, 11) is 0. The minimum atomic E-state index is -0.401. The van der Waals surface area contributed by atoms with E-state index in [4.69, 9.17) is 0 Å². The van der Waals surface area contributed by atoms with Gasteiger partial charge in [-0.25, -0.2) is 4.39 Å². The number of nitrogens with zero attached hydrogens (tertiary/aromatic N) is 1. The number of carbonyl (C=O) groups is 1. The third kappa shape index (κ3) is 2.18. The molecule has 0 spiro atoms. The first-order valence-electron chi connectivity index (χ1n) is 6.30. The van der Waals surface area contributed by atoms with Gasteiger partial charge in [-0.1, -0.05) is 24.3 Å². The molecule has 3 rings (SSSR count). The highest BCUT2D eigenvalue weighted by Crippen LogP contribution is 2.21. The molecule has 3 heteroatoms. The van der Waals surface area contributed by atoms with Crippen LogP contribution in [0.3, 0.4) is 0 Å². The Bertz CT molecular complexity index is 785. The molecule has 3 aromatic rings. The van der Waals surface area contributed by atoms with Gasteiger partial charge in [-0.15, -0.1) is 0 Å². The Kier molecular flexibility index (Phi) is 3.03. The molecule has 0 aliphatic heterocycles. The number of rotatable bonds is 2. The van der Waals surface area contributed by atoms with E-state index in [1.807, 2.05) is 24.3 Å². The van der Waals surface area contributed by atoms with E-state index in [2.05, 4.69) is 4.98 Å². The Labute approximate surface area is 115 Å². The van der Waals surface area contributed by atoms with E-state index >= 15 is 0 Å². The van der Waals surface area contributed by atoms with E-state index in [1.165, 1.54) is 18.3 Å². The summed E-state index contributed by atoms with van der Waals surface area (Å²) in [6.07, 6.45) is 3.24. The van der Waals surface area contributed by atoms with Gasteiger partial charge in [0.05, 0.1) is 0 Å². The highest BCUT2D eigenvalue weighted by Gasteiger charge is 2.14. The van der Waals surface area contributed by atoms with Gasteiger partial charge in [-0.05, 0) is 36.1 Å². The zero-order valence-electron chi connectivity index (χ0n) is 10.9. The van der Waals surface area contributed by atoms with Crippen LogP contribution < -0.4 is 0 Å². The number of aromatic nitrogens is 1. The van der Waals surface area contributed by atoms with Crippen LogP contribution in [-0.2, 0) is 0 Å². The van der Waals surface area contributed by atoms with Gasteiger partial charge >= 0.3 is 0 Å². The number of hydrogen-bond acceptors (Lipinski definition) is 2. The number of hydrogen-bond donors (Lipinski definition) is 0. The minimum absolute atomic E-state index is 0.211. The number of fused-ring (bicyclic) bond motifs is 1. The maximum atomic E-state index is 13.5. The van der Waals surface area contributed by atoms with Crippen LogP contribution in [0.15, 0.2) is 54.9 Å². The Morgan fingerprint density at radius 2 is 1.90 bits per heavy atom. The number of aryl methyl sites for hydroxylation is 1. The summed E-state index contributed by atoms with van der Waals surface area (Å²) in [4.78, 5) is 16.6. The molecule has 0 radical (unpaired) electrons. The summed E-state index contributed by atoms with van der Waals surface area (Å²) >= 11 is 0. The van der Waals surface area contributed by atoms with Crippen molar-refractivity contribution in [2.75, 3.05) is 0 Å². The average Bonchev–Trinajstić information content (AvgIpc) is 2.45. The van der Waals surface area contributed by atoms with Crippen LogP contribution in [0.1, 0.15) is 21.5 Å². The molecule has 0 bridgehead atoms. The summed E-state index contributed by atoms with van der Waals surface area (Å²) in [5.74, 6) is -0.613. The Morgan fingerprint density at radius 1 is 1.10 bits per heavy atom. The van der Waals surface area contributed by atoms with Crippen molar-refractivity contribution < 1.29 is 9.18 Å². The molecule has 1 heterocycles. The smallest absolute Gasteiger partial charge is 0.195 e. The molecule has 0 fully saturated rings. The van der Waals surface area contributed by atoms with Crippen LogP contribution in [0.25, 0.3) is 10.8 Å². The number of halogens is 1. The van der Waals surface area contributed by atoms with Crippen molar-refractivity contribution in [3.8, 4) is 0 Å². The van der Waals surface area contributed by atoms with E-state index in [9.17, 15) is 9.18 Å². The second-order valence-corrected chi connectivity index (χ2v) is 4.75. The second kappa shape index (κ2) is 4.85. The standard InChI is InChI=1S/C17H12FNO/c1-11-6-13(8-14(18)7-11)17(20)16-10-19-9-12-4-2-3-5-15(12)16/h2-10H,1H3. The van der Waals surface area contributed by atoms with Crippen LogP contribution in [0.4, 0.5) is 4.39 Å². The van der Waals surface area contributed by atoms with Crippen molar-refractivity contribution >= 4 is 16.6 Å². The van der Waals surface area contributed by atoms with Gasteiger partial charge in [-0.2, -0.15) is 0 Å². The first kappa shape index (κ1) is 12.5. The normalized spacial score (nSPS) is 10.7. The molecule has 98 valence electrons. The van der Waals surface area contributed by atoms with Crippen molar-refractivity contribution in [2.24, 2.45) is 0 Å². The van der Waals surface area contributed by atoms with Gasteiger partial charge in [-0.3, -0.25) is 9.78 Å². The highest BCUT2D eigenvalue weighted by atomic mass is 19.1. The van der Waals surface area contributed by atoms with Gasteiger partial charge in [0, 0.05) is 28.9 Å². The predicted octanol–water partition coefficient (Wildman–Crippen LogP) is 3.91. The third-order valence-corrected chi connectivity index (χ3v) is 3.22. The predicted molar refractivity (Wildman–Crippen MR) is 76.3 cm³/mol. The van der Waals surface area contributed by atoms with Gasteiger partial charge in [0.15, 0.2) is 5.78 Å². The summed E-state index contributed by atoms with van der Waals surface area (Å²) in [5.41, 5.74) is 1.57. The second-order valence-electron chi connectivity index (χ2n) is 4.75. The van der Waals surface area contributed by atoms with E-state index in [0.29, 0.717) is 11.1 Å². The number of pyridine rings is 1. The molecule has 20 heavy (non-hydrogen) atoms. The van der Waals surface area contributed by atoms with Crippen molar-refractivity contribution in [2.45, 2.75) is 6.92 Å². The fraction of sp³-hybridized carbons (Fsp3) is 0.0588. The first-order chi connectivity index (χ1) is 9.65. The molecule has 1 aromatic heterocycles. The third-order valence-electron chi connectivity index (χ3n) is 3.22. The lowest BCUT2D eigenvalue weighted by Gasteiger charge is -2.06. The van der Waals surface area contributed by atoms with E-state index in [0.717, 1.165) is 16.3 Å². The quantitative estimate of drug-likeness (QED) is 0.657. The number of carbonyl (C=O) groups excluding carboxylic acids is 1. The van der Waals surface area contributed by atoms with Gasteiger partial charge in [0.25, 0.3) is 0 Å². The maximum absolute atomic E-state index is 13.5. The molecule has 0 aliphatic carbocycles. The summed E-state index contributed by atoms with van der Waals surface area (Å²) in [6, 6.07) is 11.9. The molecular formula is C17H12FNO. The minimum Gasteiger partial charge on any atom is -0.289 e. The Hall–Kier alpha value is -2.55. The zero-order chi connectivity index (χ0) is 14.1. The molecule has 0 amide bonds. The summed E-state index contributed by atoms with van der Waals surface area (Å²) < 4.78 is 13.5. The fourth-order valence-electron chi connectivity index (χ4n) is 2.32. The van der Waals surface area contributed by atoms with Crippen molar-refractivity contribution in [3.63, 3.8) is 0 Å². The van der Waals surface area contributed by atoms with Crippen molar-refractivity contribution in [1.82, 2.24) is 4.98 Å². The lowest BCUT2D eigenvalue weighted by molar-refractivity contribution is 0.103. The largest absolute Gasteiger partial charge is 0.289 e. The van der Waals surface area contributed by atoms with E-state index < -0.39 is 5.82 Å². The molecule has 0 N–H and O–H groups in total. The Balaban J connectivity index is 2.17. The lowest BCUT2D eigenvalue weighted by atomic mass is 9.98.